The third-order valence-electron chi connectivity index (χ3n) is 4.58. The number of rotatable bonds is 7. The highest BCUT2D eigenvalue weighted by Gasteiger charge is 2.13. The van der Waals surface area contributed by atoms with E-state index in [-0.39, 0.29) is 12.3 Å². The summed E-state index contributed by atoms with van der Waals surface area (Å²) in [7, 11) is 1.56. The number of allylic oxidation sites excluding steroid dienone is 1. The van der Waals surface area contributed by atoms with Crippen molar-refractivity contribution in [2.45, 2.75) is 13.5 Å². The normalized spacial score (nSPS) is 11.0. The summed E-state index contributed by atoms with van der Waals surface area (Å²) in [5.41, 5.74) is 4.19. The molecule has 3 aromatic rings. The molecular weight excluding hydrogens is 507 g/mol. The molecule has 0 aromatic heterocycles. The average Bonchev–Trinajstić information content (AvgIpc) is 2.77. The van der Waals surface area contributed by atoms with Crippen molar-refractivity contribution in [1.82, 2.24) is 0 Å². The molecule has 0 saturated heterocycles. The number of nitrogens with zero attached hydrogens (tertiary/aromatic N) is 2. The van der Waals surface area contributed by atoms with Crippen molar-refractivity contribution in [2.24, 2.45) is 0 Å². The van der Waals surface area contributed by atoms with E-state index < -0.39 is 4.92 Å². The Morgan fingerprint density at radius 3 is 2.42 bits per heavy atom. The number of halogens is 1. The first-order valence-electron chi connectivity index (χ1n) is 9.33. The molecular formula is C24H19IN2O4. The second kappa shape index (κ2) is 10.1. The topological polar surface area (TPSA) is 85.4 Å². The zero-order chi connectivity index (χ0) is 22.4. The molecule has 0 fully saturated rings. The van der Waals surface area contributed by atoms with E-state index in [1.165, 1.54) is 12.1 Å². The van der Waals surface area contributed by atoms with E-state index in [9.17, 15) is 15.4 Å². The van der Waals surface area contributed by atoms with Crippen LogP contribution in [0.4, 0.5) is 5.69 Å². The SMILES string of the molecule is COc1cc(/C=C(/C#N)c2ccc(C)cc2)cc(I)c1OCc1ccc([N+](=O)[O-])cc1. The Bertz CT molecular complexity index is 1160. The van der Waals surface area contributed by atoms with E-state index in [1.807, 2.05) is 49.4 Å². The number of hydrogen-bond donors (Lipinski definition) is 0. The van der Waals surface area contributed by atoms with Crippen molar-refractivity contribution in [3.8, 4) is 17.6 Å². The fourth-order valence-electron chi connectivity index (χ4n) is 2.91. The van der Waals surface area contributed by atoms with E-state index in [0.717, 1.165) is 25.8 Å². The van der Waals surface area contributed by atoms with Gasteiger partial charge < -0.3 is 9.47 Å². The van der Waals surface area contributed by atoms with E-state index in [1.54, 1.807) is 19.2 Å². The molecule has 0 heterocycles. The first-order valence-corrected chi connectivity index (χ1v) is 10.4. The predicted molar refractivity (Wildman–Crippen MR) is 128 cm³/mol. The number of ether oxygens (including phenoxy) is 2. The van der Waals surface area contributed by atoms with Gasteiger partial charge in [-0.2, -0.15) is 5.26 Å². The van der Waals surface area contributed by atoms with Crippen LogP contribution in [-0.4, -0.2) is 12.0 Å². The third kappa shape index (κ3) is 5.61. The van der Waals surface area contributed by atoms with E-state index >= 15 is 0 Å². The van der Waals surface area contributed by atoms with Gasteiger partial charge in [0.05, 0.1) is 27.2 Å². The van der Waals surface area contributed by atoms with Crippen LogP contribution in [0.15, 0.2) is 60.7 Å². The van der Waals surface area contributed by atoms with Crippen molar-refractivity contribution >= 4 is 39.9 Å². The predicted octanol–water partition coefficient (Wildman–Crippen LogP) is 6.16. The minimum Gasteiger partial charge on any atom is -0.493 e. The van der Waals surface area contributed by atoms with E-state index in [2.05, 4.69) is 28.7 Å². The standard InChI is InChI=1S/C24H19IN2O4/c1-16-3-7-19(8-4-16)20(14-26)11-18-12-22(25)24(23(13-18)30-2)31-15-17-5-9-21(10-6-17)27(28)29/h3-13H,15H2,1-2H3/b20-11-. The Morgan fingerprint density at radius 1 is 1.16 bits per heavy atom. The van der Waals surface area contributed by atoms with Gasteiger partial charge >= 0.3 is 0 Å². The number of nitro groups is 1. The van der Waals surface area contributed by atoms with Gasteiger partial charge in [-0.25, -0.2) is 0 Å². The molecule has 3 aromatic carbocycles. The number of methoxy groups -OCH3 is 1. The van der Waals surface area contributed by atoms with Crippen LogP contribution in [0.2, 0.25) is 0 Å². The van der Waals surface area contributed by atoms with E-state index in [0.29, 0.717) is 17.1 Å². The van der Waals surface area contributed by atoms with Crippen LogP contribution < -0.4 is 9.47 Å². The van der Waals surface area contributed by atoms with Gasteiger partial charge in [-0.3, -0.25) is 10.1 Å². The highest BCUT2D eigenvalue weighted by atomic mass is 127. The Hall–Kier alpha value is -3.38. The first-order chi connectivity index (χ1) is 14.9. The molecule has 0 bridgehead atoms. The van der Waals surface area contributed by atoms with Gasteiger partial charge in [0.25, 0.3) is 5.69 Å². The molecule has 0 atom stereocenters. The Labute approximate surface area is 194 Å². The Balaban J connectivity index is 1.84. The van der Waals surface area contributed by atoms with Crippen LogP contribution in [0, 0.1) is 31.9 Å². The van der Waals surface area contributed by atoms with Crippen molar-refractivity contribution in [1.29, 1.82) is 5.26 Å². The highest BCUT2D eigenvalue weighted by molar-refractivity contribution is 14.1. The van der Waals surface area contributed by atoms with Crippen LogP contribution in [0.1, 0.15) is 22.3 Å². The summed E-state index contributed by atoms with van der Waals surface area (Å²) in [4.78, 5) is 10.4. The summed E-state index contributed by atoms with van der Waals surface area (Å²) >= 11 is 2.16. The molecule has 0 aliphatic rings. The fraction of sp³-hybridized carbons (Fsp3) is 0.125. The number of hydrogen-bond acceptors (Lipinski definition) is 5. The minimum absolute atomic E-state index is 0.0360. The number of benzene rings is 3. The zero-order valence-corrected chi connectivity index (χ0v) is 19.1. The summed E-state index contributed by atoms with van der Waals surface area (Å²) in [6.45, 7) is 2.24. The molecule has 3 rings (SSSR count). The third-order valence-corrected chi connectivity index (χ3v) is 5.38. The molecule has 156 valence electrons. The second-order valence-corrected chi connectivity index (χ2v) is 7.94. The summed E-state index contributed by atoms with van der Waals surface area (Å²) in [5.74, 6) is 1.12. The number of aryl methyl sites for hydroxylation is 1. The lowest BCUT2D eigenvalue weighted by atomic mass is 10.0. The Kier molecular flexibility index (Phi) is 7.26. The molecule has 0 unspecified atom stereocenters. The van der Waals surface area contributed by atoms with Gasteiger partial charge in [-0.15, -0.1) is 0 Å². The zero-order valence-electron chi connectivity index (χ0n) is 17.0. The molecule has 7 heteroatoms. The lowest BCUT2D eigenvalue weighted by Crippen LogP contribution is -2.00. The Morgan fingerprint density at radius 2 is 1.84 bits per heavy atom. The maximum atomic E-state index is 10.8. The molecule has 31 heavy (non-hydrogen) atoms. The smallest absolute Gasteiger partial charge is 0.269 e. The van der Waals surface area contributed by atoms with Crippen LogP contribution in [0.3, 0.4) is 0 Å². The molecule has 6 nitrogen and oxygen atoms in total. The van der Waals surface area contributed by atoms with Gasteiger partial charge in [0, 0.05) is 12.1 Å². The van der Waals surface area contributed by atoms with Gasteiger partial charge in [0.15, 0.2) is 11.5 Å². The number of nitro benzene ring substituents is 1. The molecule has 0 saturated carbocycles. The largest absolute Gasteiger partial charge is 0.493 e. The molecule has 0 aliphatic carbocycles. The van der Waals surface area contributed by atoms with Crippen molar-refractivity contribution < 1.29 is 14.4 Å². The molecule has 0 radical (unpaired) electrons. The first kappa shape index (κ1) is 22.3. The lowest BCUT2D eigenvalue weighted by molar-refractivity contribution is -0.384. The van der Waals surface area contributed by atoms with Crippen LogP contribution in [0.25, 0.3) is 11.6 Å². The monoisotopic (exact) mass is 526 g/mol. The molecule has 0 spiro atoms. The quantitative estimate of drug-likeness (QED) is 0.121. The van der Waals surface area contributed by atoms with Gasteiger partial charge in [0.2, 0.25) is 0 Å². The maximum Gasteiger partial charge on any atom is 0.269 e. The van der Waals surface area contributed by atoms with Crippen molar-refractivity contribution in [3.05, 3.63) is 96.6 Å². The van der Waals surface area contributed by atoms with Gasteiger partial charge in [0.1, 0.15) is 6.61 Å². The summed E-state index contributed by atoms with van der Waals surface area (Å²) in [5, 5.41) is 20.4. The molecule has 0 aliphatic heterocycles. The van der Waals surface area contributed by atoms with Crippen LogP contribution in [0.5, 0.6) is 11.5 Å². The van der Waals surface area contributed by atoms with Crippen LogP contribution in [-0.2, 0) is 6.61 Å². The molecule has 0 amide bonds. The minimum atomic E-state index is -0.436. The number of nitriles is 1. The number of non-ortho nitro benzene ring substituents is 1. The van der Waals surface area contributed by atoms with E-state index in [4.69, 9.17) is 9.47 Å². The summed E-state index contributed by atoms with van der Waals surface area (Å²) in [6.07, 6.45) is 1.81. The van der Waals surface area contributed by atoms with Gasteiger partial charge in [-0.1, -0.05) is 29.8 Å². The maximum absolute atomic E-state index is 10.8. The fourth-order valence-corrected chi connectivity index (χ4v) is 3.69. The average molecular weight is 526 g/mol. The molecule has 0 N–H and O–H groups in total. The van der Waals surface area contributed by atoms with Gasteiger partial charge in [-0.05, 0) is 76.5 Å². The second-order valence-electron chi connectivity index (χ2n) is 6.78. The highest BCUT2D eigenvalue weighted by Crippen LogP contribution is 2.35. The summed E-state index contributed by atoms with van der Waals surface area (Å²) < 4.78 is 12.3. The lowest BCUT2D eigenvalue weighted by Gasteiger charge is -2.14. The van der Waals surface area contributed by atoms with Crippen molar-refractivity contribution in [2.75, 3.05) is 7.11 Å². The van der Waals surface area contributed by atoms with Crippen molar-refractivity contribution in [3.63, 3.8) is 0 Å². The summed E-state index contributed by atoms with van der Waals surface area (Å²) in [6, 6.07) is 20.0. The van der Waals surface area contributed by atoms with Crippen LogP contribution >= 0.6 is 22.6 Å².